The van der Waals surface area contributed by atoms with Gasteiger partial charge in [0.2, 0.25) is 15.0 Å². The molecule has 0 aliphatic rings. The standard InChI is InChI=1S/C14H13N3O3S/c1-20-12-6-5-9-7-11(4-3-10(9)8-12)13-15-14(17-16-13)21(2,18)19/h3-8H,1-2H3,(H,15,16,17). The van der Waals surface area contributed by atoms with E-state index in [1.165, 1.54) is 0 Å². The number of fused-ring (bicyclic) bond motifs is 1. The molecule has 0 bridgehead atoms. The van der Waals surface area contributed by atoms with Crippen molar-refractivity contribution in [3.05, 3.63) is 36.4 Å². The number of hydrogen-bond acceptors (Lipinski definition) is 5. The highest BCUT2D eigenvalue weighted by molar-refractivity contribution is 7.90. The molecule has 1 aromatic heterocycles. The molecule has 3 aromatic rings. The summed E-state index contributed by atoms with van der Waals surface area (Å²) < 4.78 is 28.0. The quantitative estimate of drug-likeness (QED) is 0.800. The Hall–Kier alpha value is -2.41. The maximum atomic E-state index is 11.4. The normalized spacial score (nSPS) is 11.7. The van der Waals surface area contributed by atoms with Gasteiger partial charge < -0.3 is 4.74 Å². The van der Waals surface area contributed by atoms with Crippen LogP contribution in [0.25, 0.3) is 22.2 Å². The molecule has 3 rings (SSSR count). The second kappa shape index (κ2) is 4.85. The lowest BCUT2D eigenvalue weighted by molar-refractivity contribution is 0.415. The van der Waals surface area contributed by atoms with Crippen LogP contribution >= 0.6 is 0 Å². The minimum Gasteiger partial charge on any atom is -0.497 e. The maximum Gasteiger partial charge on any atom is 0.243 e. The molecule has 7 heteroatoms. The van der Waals surface area contributed by atoms with E-state index in [4.69, 9.17) is 4.74 Å². The van der Waals surface area contributed by atoms with Crippen LogP contribution in [0.1, 0.15) is 0 Å². The van der Waals surface area contributed by atoms with Crippen LogP contribution < -0.4 is 4.74 Å². The fourth-order valence-electron chi connectivity index (χ4n) is 2.03. The van der Waals surface area contributed by atoms with Crippen molar-refractivity contribution in [3.63, 3.8) is 0 Å². The molecule has 0 atom stereocenters. The van der Waals surface area contributed by atoms with Crippen molar-refractivity contribution in [1.82, 2.24) is 15.2 Å². The highest BCUT2D eigenvalue weighted by Gasteiger charge is 2.14. The molecular weight excluding hydrogens is 290 g/mol. The summed E-state index contributed by atoms with van der Waals surface area (Å²) in [6.07, 6.45) is 1.09. The number of nitrogens with zero attached hydrogens (tertiary/aromatic N) is 2. The molecule has 1 N–H and O–H groups in total. The van der Waals surface area contributed by atoms with E-state index >= 15 is 0 Å². The highest BCUT2D eigenvalue weighted by atomic mass is 32.2. The van der Waals surface area contributed by atoms with Gasteiger partial charge in [0.05, 0.1) is 7.11 Å². The van der Waals surface area contributed by atoms with Crippen molar-refractivity contribution in [2.45, 2.75) is 5.16 Å². The van der Waals surface area contributed by atoms with Gasteiger partial charge in [-0.05, 0) is 29.0 Å². The van der Waals surface area contributed by atoms with E-state index in [2.05, 4.69) is 15.2 Å². The fraction of sp³-hybridized carbons (Fsp3) is 0.143. The largest absolute Gasteiger partial charge is 0.497 e. The molecule has 0 fully saturated rings. The second-order valence-corrected chi connectivity index (χ2v) is 6.60. The Morgan fingerprint density at radius 1 is 1.10 bits per heavy atom. The van der Waals surface area contributed by atoms with Crippen molar-refractivity contribution < 1.29 is 13.2 Å². The van der Waals surface area contributed by atoms with Gasteiger partial charge >= 0.3 is 0 Å². The van der Waals surface area contributed by atoms with Crippen LogP contribution in [0.3, 0.4) is 0 Å². The molecule has 6 nitrogen and oxygen atoms in total. The van der Waals surface area contributed by atoms with E-state index in [0.29, 0.717) is 5.82 Å². The van der Waals surface area contributed by atoms with Gasteiger partial charge in [-0.3, -0.25) is 0 Å². The molecule has 0 aliphatic heterocycles. The first-order valence-corrected chi connectivity index (χ1v) is 8.07. The zero-order valence-corrected chi connectivity index (χ0v) is 12.3. The Labute approximate surface area is 121 Å². The number of benzene rings is 2. The second-order valence-electron chi connectivity index (χ2n) is 4.66. The van der Waals surface area contributed by atoms with Gasteiger partial charge in [0.25, 0.3) is 0 Å². The number of aromatic nitrogens is 3. The zero-order chi connectivity index (χ0) is 15.0. The Morgan fingerprint density at radius 2 is 1.81 bits per heavy atom. The van der Waals surface area contributed by atoms with Crippen molar-refractivity contribution in [2.75, 3.05) is 13.4 Å². The van der Waals surface area contributed by atoms with Crippen molar-refractivity contribution in [1.29, 1.82) is 0 Å². The number of ether oxygens (including phenoxy) is 1. The van der Waals surface area contributed by atoms with Crippen molar-refractivity contribution in [2.24, 2.45) is 0 Å². The Morgan fingerprint density at radius 3 is 2.48 bits per heavy atom. The van der Waals surface area contributed by atoms with Gasteiger partial charge in [-0.15, -0.1) is 0 Å². The number of nitrogens with one attached hydrogen (secondary N) is 1. The van der Waals surface area contributed by atoms with Gasteiger partial charge in [-0.1, -0.05) is 18.2 Å². The van der Waals surface area contributed by atoms with Gasteiger partial charge in [0, 0.05) is 11.8 Å². The van der Waals surface area contributed by atoms with Crippen LogP contribution in [-0.4, -0.2) is 37.0 Å². The lowest BCUT2D eigenvalue weighted by Crippen LogP contribution is -1.99. The van der Waals surface area contributed by atoms with Gasteiger partial charge in [-0.25, -0.2) is 13.5 Å². The monoisotopic (exact) mass is 303 g/mol. The number of sulfone groups is 1. The average Bonchev–Trinajstić information content (AvgIpc) is 2.96. The molecule has 0 saturated carbocycles. The molecule has 0 amide bonds. The molecule has 2 aromatic carbocycles. The third-order valence-electron chi connectivity index (χ3n) is 3.12. The van der Waals surface area contributed by atoms with E-state index < -0.39 is 9.84 Å². The smallest absolute Gasteiger partial charge is 0.243 e. The summed E-state index contributed by atoms with van der Waals surface area (Å²) in [5.74, 6) is 1.14. The number of hydrogen-bond donors (Lipinski definition) is 1. The van der Waals surface area contributed by atoms with Gasteiger partial charge in [0.1, 0.15) is 5.75 Å². The van der Waals surface area contributed by atoms with Crippen LogP contribution in [0.4, 0.5) is 0 Å². The lowest BCUT2D eigenvalue weighted by Gasteiger charge is -2.03. The molecule has 0 saturated heterocycles. The number of rotatable bonds is 3. The SMILES string of the molecule is COc1ccc2cc(-c3n[nH]c(S(C)(=O)=O)n3)ccc2c1. The Balaban J connectivity index is 2.07. The summed E-state index contributed by atoms with van der Waals surface area (Å²) in [6.45, 7) is 0. The first-order chi connectivity index (χ1) is 9.97. The molecule has 0 unspecified atom stereocenters. The lowest BCUT2D eigenvalue weighted by atomic mass is 10.1. The van der Waals surface area contributed by atoms with E-state index in [1.807, 2.05) is 36.4 Å². The topological polar surface area (TPSA) is 84.9 Å². The van der Waals surface area contributed by atoms with Crippen LogP contribution in [-0.2, 0) is 9.84 Å². The van der Waals surface area contributed by atoms with Crippen molar-refractivity contribution in [3.8, 4) is 17.1 Å². The van der Waals surface area contributed by atoms with E-state index in [1.54, 1.807) is 7.11 Å². The van der Waals surface area contributed by atoms with Crippen LogP contribution in [0.5, 0.6) is 5.75 Å². The minimum absolute atomic E-state index is 0.132. The third-order valence-corrected chi connectivity index (χ3v) is 4.01. The predicted molar refractivity (Wildman–Crippen MR) is 79.0 cm³/mol. The summed E-state index contributed by atoms with van der Waals surface area (Å²) in [5.41, 5.74) is 0.749. The molecule has 0 spiro atoms. The fourth-order valence-corrected chi connectivity index (χ4v) is 2.50. The molecule has 1 heterocycles. The van der Waals surface area contributed by atoms with Gasteiger partial charge in [0.15, 0.2) is 5.82 Å². The summed E-state index contributed by atoms with van der Waals surface area (Å²) in [4.78, 5) is 4.01. The molecule has 0 aliphatic carbocycles. The molecule has 108 valence electrons. The van der Waals surface area contributed by atoms with Gasteiger partial charge in [-0.2, -0.15) is 10.1 Å². The van der Waals surface area contributed by atoms with Crippen molar-refractivity contribution >= 4 is 20.6 Å². The first-order valence-electron chi connectivity index (χ1n) is 6.18. The third kappa shape index (κ3) is 2.59. The molecular formula is C14H13N3O3S. The first kappa shape index (κ1) is 13.6. The Kier molecular flexibility index (Phi) is 3.13. The summed E-state index contributed by atoms with van der Waals surface area (Å²) in [7, 11) is -1.77. The average molecular weight is 303 g/mol. The van der Waals surface area contributed by atoms with E-state index in [9.17, 15) is 8.42 Å². The molecule has 21 heavy (non-hydrogen) atoms. The van der Waals surface area contributed by atoms with E-state index in [-0.39, 0.29) is 5.16 Å². The summed E-state index contributed by atoms with van der Waals surface area (Å²) >= 11 is 0. The summed E-state index contributed by atoms with van der Waals surface area (Å²) in [5, 5.41) is 8.29. The number of methoxy groups -OCH3 is 1. The van der Waals surface area contributed by atoms with Crippen LogP contribution in [0.15, 0.2) is 41.6 Å². The van der Waals surface area contributed by atoms with Crippen LogP contribution in [0.2, 0.25) is 0 Å². The highest BCUT2D eigenvalue weighted by Crippen LogP contribution is 2.25. The number of H-pyrrole nitrogens is 1. The number of aromatic amines is 1. The van der Waals surface area contributed by atoms with E-state index in [0.717, 1.165) is 28.3 Å². The zero-order valence-electron chi connectivity index (χ0n) is 11.5. The predicted octanol–water partition coefficient (Wildman–Crippen LogP) is 2.04. The maximum absolute atomic E-state index is 11.4. The van der Waals surface area contributed by atoms with Crippen LogP contribution in [0, 0.1) is 0 Å². The summed E-state index contributed by atoms with van der Waals surface area (Å²) in [6, 6.07) is 11.4. The Bertz CT molecular complexity index is 916. The minimum atomic E-state index is -3.39. The molecule has 0 radical (unpaired) electrons.